The number of ether oxygens (including phenoxy) is 3. The van der Waals surface area contributed by atoms with Gasteiger partial charge >= 0.3 is 0 Å². The Bertz CT molecular complexity index is 993. The molecule has 3 rings (SSSR count). The summed E-state index contributed by atoms with van der Waals surface area (Å²) in [5, 5.41) is 5.88. The molecular formula is C25H26N2O4S. The lowest BCUT2D eigenvalue weighted by Gasteiger charge is -2.11. The summed E-state index contributed by atoms with van der Waals surface area (Å²) in [6.07, 6.45) is 0.950. The standard InChI is InChI=1S/C25H26N2O4S/c1-2-16-29-23-14-10-20(11-15-23)26-25(32)27-24(28)19-8-12-22(13-9-19)31-18-17-30-21-6-4-3-5-7-21/h3-15H,2,16-18H2,1H3,(H2,26,27,28,32). The van der Waals surface area contributed by atoms with Crippen molar-refractivity contribution in [2.24, 2.45) is 0 Å². The first-order valence-corrected chi connectivity index (χ1v) is 10.8. The summed E-state index contributed by atoms with van der Waals surface area (Å²) in [6, 6.07) is 23.8. The van der Waals surface area contributed by atoms with Crippen molar-refractivity contribution < 1.29 is 19.0 Å². The van der Waals surface area contributed by atoms with E-state index in [1.165, 1.54) is 0 Å². The zero-order valence-corrected chi connectivity index (χ0v) is 18.7. The summed E-state index contributed by atoms with van der Waals surface area (Å²) in [5.74, 6) is 1.95. The molecule has 0 aromatic heterocycles. The molecule has 0 saturated carbocycles. The minimum Gasteiger partial charge on any atom is -0.494 e. The molecule has 166 valence electrons. The lowest BCUT2D eigenvalue weighted by atomic mass is 10.2. The molecule has 1 amide bonds. The van der Waals surface area contributed by atoms with Crippen LogP contribution in [0.3, 0.4) is 0 Å². The summed E-state index contributed by atoms with van der Waals surface area (Å²) in [5.41, 5.74) is 1.24. The molecule has 0 radical (unpaired) electrons. The van der Waals surface area contributed by atoms with Crippen molar-refractivity contribution in [2.45, 2.75) is 13.3 Å². The summed E-state index contributed by atoms with van der Waals surface area (Å²) in [7, 11) is 0. The van der Waals surface area contributed by atoms with E-state index in [0.29, 0.717) is 31.1 Å². The lowest BCUT2D eigenvalue weighted by molar-refractivity contribution is 0.0977. The van der Waals surface area contributed by atoms with Gasteiger partial charge in [-0.15, -0.1) is 0 Å². The maximum atomic E-state index is 12.4. The highest BCUT2D eigenvalue weighted by Gasteiger charge is 2.08. The Morgan fingerprint density at radius 1 is 0.750 bits per heavy atom. The summed E-state index contributed by atoms with van der Waals surface area (Å²) < 4.78 is 16.8. The molecule has 0 aliphatic carbocycles. The molecule has 0 atom stereocenters. The van der Waals surface area contributed by atoms with Gasteiger partial charge in [0.1, 0.15) is 30.5 Å². The van der Waals surface area contributed by atoms with Crippen molar-refractivity contribution in [3.8, 4) is 17.2 Å². The summed E-state index contributed by atoms with van der Waals surface area (Å²) in [4.78, 5) is 12.4. The molecule has 6 nitrogen and oxygen atoms in total. The van der Waals surface area contributed by atoms with E-state index >= 15 is 0 Å². The van der Waals surface area contributed by atoms with Crippen LogP contribution in [0.5, 0.6) is 17.2 Å². The van der Waals surface area contributed by atoms with Gasteiger partial charge < -0.3 is 19.5 Å². The lowest BCUT2D eigenvalue weighted by Crippen LogP contribution is -2.34. The van der Waals surface area contributed by atoms with Gasteiger partial charge in [0, 0.05) is 11.3 Å². The third-order valence-corrected chi connectivity index (χ3v) is 4.50. The van der Waals surface area contributed by atoms with Gasteiger partial charge in [0.2, 0.25) is 0 Å². The Morgan fingerprint density at radius 3 is 1.88 bits per heavy atom. The minimum absolute atomic E-state index is 0.218. The SMILES string of the molecule is CCCOc1ccc(NC(=S)NC(=O)c2ccc(OCCOc3ccccc3)cc2)cc1. The van der Waals surface area contributed by atoms with Gasteiger partial charge in [0.15, 0.2) is 5.11 Å². The van der Waals surface area contributed by atoms with Gasteiger partial charge in [-0.25, -0.2) is 0 Å². The third kappa shape index (κ3) is 7.59. The smallest absolute Gasteiger partial charge is 0.257 e. The van der Waals surface area contributed by atoms with Crippen molar-refractivity contribution in [2.75, 3.05) is 25.1 Å². The van der Waals surface area contributed by atoms with Crippen LogP contribution in [-0.4, -0.2) is 30.8 Å². The fraction of sp³-hybridized carbons (Fsp3) is 0.200. The van der Waals surface area contributed by atoms with Crippen LogP contribution in [0, 0.1) is 0 Å². The van der Waals surface area contributed by atoms with E-state index in [4.69, 9.17) is 26.4 Å². The van der Waals surface area contributed by atoms with E-state index in [2.05, 4.69) is 17.6 Å². The van der Waals surface area contributed by atoms with Gasteiger partial charge in [0.05, 0.1) is 6.61 Å². The van der Waals surface area contributed by atoms with E-state index in [1.807, 2.05) is 54.6 Å². The number of thiocarbonyl (C=S) groups is 1. The van der Waals surface area contributed by atoms with Crippen molar-refractivity contribution in [1.29, 1.82) is 0 Å². The molecule has 0 aliphatic rings. The van der Waals surface area contributed by atoms with Gasteiger partial charge in [0.25, 0.3) is 5.91 Å². The van der Waals surface area contributed by atoms with Crippen LogP contribution in [0.2, 0.25) is 0 Å². The highest BCUT2D eigenvalue weighted by atomic mass is 32.1. The topological polar surface area (TPSA) is 68.8 Å². The molecule has 0 fully saturated rings. The number of amides is 1. The van der Waals surface area contributed by atoms with Crippen LogP contribution >= 0.6 is 12.2 Å². The second kappa shape index (κ2) is 12.3. The third-order valence-electron chi connectivity index (χ3n) is 4.29. The number of rotatable bonds is 10. The predicted molar refractivity (Wildman–Crippen MR) is 130 cm³/mol. The molecule has 0 heterocycles. The fourth-order valence-electron chi connectivity index (χ4n) is 2.73. The molecule has 0 spiro atoms. The summed E-state index contributed by atoms with van der Waals surface area (Å²) in [6.45, 7) is 3.56. The molecule has 32 heavy (non-hydrogen) atoms. The maximum Gasteiger partial charge on any atom is 0.257 e. The van der Waals surface area contributed by atoms with Gasteiger partial charge in [-0.3, -0.25) is 10.1 Å². The van der Waals surface area contributed by atoms with Crippen molar-refractivity contribution in [3.63, 3.8) is 0 Å². The Kier molecular flexibility index (Phi) is 8.89. The number of hydrogen-bond acceptors (Lipinski definition) is 5. The first-order chi connectivity index (χ1) is 15.6. The van der Waals surface area contributed by atoms with Crippen LogP contribution in [0.1, 0.15) is 23.7 Å². The second-order valence-electron chi connectivity index (χ2n) is 6.82. The summed E-state index contributed by atoms with van der Waals surface area (Å²) >= 11 is 5.24. The Balaban J connectivity index is 1.41. The fourth-order valence-corrected chi connectivity index (χ4v) is 2.94. The molecule has 3 aromatic rings. The molecule has 7 heteroatoms. The van der Waals surface area contributed by atoms with E-state index in [0.717, 1.165) is 23.6 Å². The second-order valence-corrected chi connectivity index (χ2v) is 7.22. The highest BCUT2D eigenvalue weighted by molar-refractivity contribution is 7.80. The predicted octanol–water partition coefficient (Wildman–Crippen LogP) is 5.06. The van der Waals surface area contributed by atoms with Crippen LogP contribution in [-0.2, 0) is 0 Å². The number of para-hydroxylation sites is 1. The first kappa shape index (κ1) is 23.1. The van der Waals surface area contributed by atoms with E-state index < -0.39 is 0 Å². The van der Waals surface area contributed by atoms with E-state index in [-0.39, 0.29) is 11.0 Å². The molecule has 0 unspecified atom stereocenters. The van der Waals surface area contributed by atoms with Crippen LogP contribution < -0.4 is 24.8 Å². The first-order valence-electron chi connectivity index (χ1n) is 10.4. The number of carbonyl (C=O) groups excluding carboxylic acids is 1. The Morgan fingerprint density at radius 2 is 1.28 bits per heavy atom. The van der Waals surface area contributed by atoms with Crippen LogP contribution in [0.4, 0.5) is 5.69 Å². The van der Waals surface area contributed by atoms with Gasteiger partial charge in [-0.1, -0.05) is 25.1 Å². The minimum atomic E-state index is -0.302. The van der Waals surface area contributed by atoms with Gasteiger partial charge in [-0.2, -0.15) is 0 Å². The van der Waals surface area contributed by atoms with Gasteiger partial charge in [-0.05, 0) is 79.3 Å². The zero-order chi connectivity index (χ0) is 22.6. The number of benzene rings is 3. The zero-order valence-electron chi connectivity index (χ0n) is 17.9. The quantitative estimate of drug-likeness (QED) is 0.332. The number of nitrogens with one attached hydrogen (secondary N) is 2. The Labute approximate surface area is 193 Å². The van der Waals surface area contributed by atoms with Crippen molar-refractivity contribution in [3.05, 3.63) is 84.4 Å². The average Bonchev–Trinajstić information content (AvgIpc) is 2.82. The Hall–Kier alpha value is -3.58. The largest absolute Gasteiger partial charge is 0.494 e. The van der Waals surface area contributed by atoms with E-state index in [9.17, 15) is 4.79 Å². The van der Waals surface area contributed by atoms with E-state index in [1.54, 1.807) is 24.3 Å². The monoisotopic (exact) mass is 450 g/mol. The molecule has 2 N–H and O–H groups in total. The van der Waals surface area contributed by atoms with Crippen LogP contribution in [0.25, 0.3) is 0 Å². The number of hydrogen-bond donors (Lipinski definition) is 2. The molecule has 0 aliphatic heterocycles. The van der Waals surface area contributed by atoms with Crippen molar-refractivity contribution >= 4 is 28.9 Å². The highest BCUT2D eigenvalue weighted by Crippen LogP contribution is 2.16. The van der Waals surface area contributed by atoms with Crippen LogP contribution in [0.15, 0.2) is 78.9 Å². The van der Waals surface area contributed by atoms with Crippen molar-refractivity contribution in [1.82, 2.24) is 5.32 Å². The number of anilines is 1. The molecular weight excluding hydrogens is 424 g/mol. The molecule has 0 bridgehead atoms. The average molecular weight is 451 g/mol. The number of carbonyl (C=O) groups is 1. The molecule has 3 aromatic carbocycles. The normalized spacial score (nSPS) is 10.2. The maximum absolute atomic E-state index is 12.4. The molecule has 0 saturated heterocycles.